The SMILES string of the molecule is COC(CNC(=O)C(=O)NCc1ccc(F)cc1)c1cc2ccccc2o1. The van der Waals surface area contributed by atoms with Crippen LogP contribution in [0.2, 0.25) is 0 Å². The minimum absolute atomic E-state index is 0.0825. The minimum atomic E-state index is -0.782. The Bertz CT molecular complexity index is 904. The van der Waals surface area contributed by atoms with Crippen LogP contribution in [0.1, 0.15) is 17.4 Å². The summed E-state index contributed by atoms with van der Waals surface area (Å²) in [5.41, 5.74) is 1.41. The lowest BCUT2D eigenvalue weighted by atomic mass is 10.2. The van der Waals surface area contributed by atoms with Crippen molar-refractivity contribution in [1.82, 2.24) is 10.6 Å². The molecule has 0 aliphatic carbocycles. The zero-order valence-corrected chi connectivity index (χ0v) is 14.7. The van der Waals surface area contributed by atoms with Crippen molar-refractivity contribution >= 4 is 22.8 Å². The van der Waals surface area contributed by atoms with E-state index in [1.807, 2.05) is 30.3 Å². The quantitative estimate of drug-likeness (QED) is 0.654. The Kier molecular flexibility index (Phi) is 5.83. The van der Waals surface area contributed by atoms with E-state index in [0.717, 1.165) is 11.0 Å². The molecule has 0 fully saturated rings. The van der Waals surface area contributed by atoms with Gasteiger partial charge in [0.1, 0.15) is 23.3 Å². The molecule has 7 heteroatoms. The van der Waals surface area contributed by atoms with E-state index in [9.17, 15) is 14.0 Å². The Morgan fingerprint density at radius 3 is 2.48 bits per heavy atom. The number of carbonyl (C=O) groups excluding carboxylic acids is 2. The molecule has 6 nitrogen and oxygen atoms in total. The molecule has 0 aliphatic heterocycles. The summed E-state index contributed by atoms with van der Waals surface area (Å²) in [5.74, 6) is -1.36. The fraction of sp³-hybridized carbons (Fsp3) is 0.200. The van der Waals surface area contributed by atoms with E-state index in [2.05, 4.69) is 10.6 Å². The van der Waals surface area contributed by atoms with Gasteiger partial charge in [0, 0.05) is 19.0 Å². The smallest absolute Gasteiger partial charge is 0.309 e. The molecule has 0 radical (unpaired) electrons. The third kappa shape index (κ3) is 4.71. The summed E-state index contributed by atoms with van der Waals surface area (Å²) in [5, 5.41) is 5.94. The van der Waals surface area contributed by atoms with Crippen molar-refractivity contribution in [2.75, 3.05) is 13.7 Å². The number of methoxy groups -OCH3 is 1. The molecule has 1 heterocycles. The minimum Gasteiger partial charge on any atom is -0.458 e. The highest BCUT2D eigenvalue weighted by atomic mass is 19.1. The molecule has 27 heavy (non-hydrogen) atoms. The highest BCUT2D eigenvalue weighted by Crippen LogP contribution is 2.25. The third-order valence-electron chi connectivity index (χ3n) is 4.07. The lowest BCUT2D eigenvalue weighted by Crippen LogP contribution is -2.41. The van der Waals surface area contributed by atoms with Gasteiger partial charge in [-0.2, -0.15) is 0 Å². The van der Waals surface area contributed by atoms with Gasteiger partial charge in [0.25, 0.3) is 0 Å². The van der Waals surface area contributed by atoms with Crippen molar-refractivity contribution in [3.8, 4) is 0 Å². The highest BCUT2D eigenvalue weighted by molar-refractivity contribution is 6.35. The Hall–Kier alpha value is -3.19. The topological polar surface area (TPSA) is 80.6 Å². The molecule has 2 aromatic carbocycles. The fourth-order valence-electron chi connectivity index (χ4n) is 2.59. The number of rotatable bonds is 6. The van der Waals surface area contributed by atoms with Gasteiger partial charge in [0.15, 0.2) is 0 Å². The molecule has 1 atom stereocenters. The number of para-hydroxylation sites is 1. The van der Waals surface area contributed by atoms with Crippen LogP contribution in [0.3, 0.4) is 0 Å². The number of furan rings is 1. The number of fused-ring (bicyclic) bond motifs is 1. The van der Waals surface area contributed by atoms with Gasteiger partial charge in [-0.1, -0.05) is 30.3 Å². The molecule has 3 aromatic rings. The summed E-state index contributed by atoms with van der Waals surface area (Å²) in [6.45, 7) is 0.211. The van der Waals surface area contributed by atoms with Gasteiger partial charge < -0.3 is 19.8 Å². The van der Waals surface area contributed by atoms with E-state index < -0.39 is 17.9 Å². The predicted molar refractivity (Wildman–Crippen MR) is 97.2 cm³/mol. The first-order valence-electron chi connectivity index (χ1n) is 8.38. The first-order chi connectivity index (χ1) is 13.1. The molecule has 0 saturated heterocycles. The molecule has 0 bridgehead atoms. The molecule has 0 aliphatic rings. The van der Waals surface area contributed by atoms with Crippen molar-refractivity contribution in [3.05, 3.63) is 71.7 Å². The van der Waals surface area contributed by atoms with Crippen molar-refractivity contribution in [2.24, 2.45) is 0 Å². The number of ether oxygens (including phenoxy) is 1. The Balaban J connectivity index is 1.53. The van der Waals surface area contributed by atoms with E-state index in [0.29, 0.717) is 11.3 Å². The zero-order chi connectivity index (χ0) is 19.2. The van der Waals surface area contributed by atoms with Gasteiger partial charge in [-0.25, -0.2) is 4.39 Å². The van der Waals surface area contributed by atoms with Crippen molar-refractivity contribution in [2.45, 2.75) is 12.6 Å². The Morgan fingerprint density at radius 2 is 1.78 bits per heavy atom. The number of amides is 2. The maximum atomic E-state index is 12.9. The van der Waals surface area contributed by atoms with Crippen molar-refractivity contribution in [1.29, 1.82) is 0 Å². The summed E-state index contributed by atoms with van der Waals surface area (Å²) in [6, 6.07) is 15.0. The third-order valence-corrected chi connectivity index (χ3v) is 4.07. The standard InChI is InChI=1S/C20H19FN2O4/c1-26-18(17-10-14-4-2-3-5-16(14)27-17)12-23-20(25)19(24)22-11-13-6-8-15(21)9-7-13/h2-10,18H,11-12H2,1H3,(H,22,24)(H,23,25). The van der Waals surface area contributed by atoms with Crippen LogP contribution in [-0.4, -0.2) is 25.5 Å². The molecule has 140 valence electrons. The van der Waals surface area contributed by atoms with Gasteiger partial charge >= 0.3 is 11.8 Å². The largest absolute Gasteiger partial charge is 0.458 e. The van der Waals surface area contributed by atoms with Gasteiger partial charge in [0.05, 0.1) is 6.54 Å². The van der Waals surface area contributed by atoms with E-state index >= 15 is 0 Å². The van der Waals surface area contributed by atoms with E-state index in [1.54, 1.807) is 0 Å². The molecule has 0 spiro atoms. The fourth-order valence-corrected chi connectivity index (χ4v) is 2.59. The number of carbonyl (C=O) groups is 2. The summed E-state index contributed by atoms with van der Waals surface area (Å²) in [7, 11) is 1.50. The second kappa shape index (κ2) is 8.46. The lowest BCUT2D eigenvalue weighted by molar-refractivity contribution is -0.139. The zero-order valence-electron chi connectivity index (χ0n) is 14.7. The molecule has 3 rings (SSSR count). The van der Waals surface area contributed by atoms with Crippen molar-refractivity contribution in [3.63, 3.8) is 0 Å². The van der Waals surface area contributed by atoms with Gasteiger partial charge in [0.2, 0.25) is 0 Å². The number of benzene rings is 2. The molecule has 1 aromatic heterocycles. The van der Waals surface area contributed by atoms with E-state index in [4.69, 9.17) is 9.15 Å². The maximum Gasteiger partial charge on any atom is 0.309 e. The number of nitrogens with one attached hydrogen (secondary N) is 2. The summed E-state index contributed by atoms with van der Waals surface area (Å²) < 4.78 is 23.9. The maximum absolute atomic E-state index is 12.9. The second-order valence-electron chi connectivity index (χ2n) is 5.93. The number of hydrogen-bond acceptors (Lipinski definition) is 4. The van der Waals surface area contributed by atoms with Crippen LogP contribution in [0.4, 0.5) is 4.39 Å². The van der Waals surface area contributed by atoms with Crippen LogP contribution in [0.25, 0.3) is 11.0 Å². The Morgan fingerprint density at radius 1 is 1.07 bits per heavy atom. The van der Waals surface area contributed by atoms with Crippen molar-refractivity contribution < 1.29 is 23.1 Å². The van der Waals surface area contributed by atoms with Crippen LogP contribution >= 0.6 is 0 Å². The lowest BCUT2D eigenvalue weighted by Gasteiger charge is -2.13. The summed E-state index contributed by atoms with van der Waals surface area (Å²) in [4.78, 5) is 23.9. The first-order valence-corrected chi connectivity index (χ1v) is 8.38. The number of hydrogen-bond donors (Lipinski definition) is 2. The predicted octanol–water partition coefficient (Wildman–Crippen LogP) is 2.69. The van der Waals surface area contributed by atoms with Gasteiger partial charge in [-0.05, 0) is 29.8 Å². The summed E-state index contributed by atoms with van der Waals surface area (Å²) >= 11 is 0. The normalized spacial score (nSPS) is 11.9. The average Bonchev–Trinajstić information content (AvgIpc) is 3.11. The molecule has 2 amide bonds. The monoisotopic (exact) mass is 370 g/mol. The molecule has 1 unspecified atom stereocenters. The highest BCUT2D eigenvalue weighted by Gasteiger charge is 2.19. The van der Waals surface area contributed by atoms with Gasteiger partial charge in [-0.15, -0.1) is 0 Å². The molecule has 2 N–H and O–H groups in total. The van der Waals surface area contributed by atoms with Crippen LogP contribution in [-0.2, 0) is 20.9 Å². The molecular formula is C20H19FN2O4. The van der Waals surface area contributed by atoms with Crippen LogP contribution in [0, 0.1) is 5.82 Å². The average molecular weight is 370 g/mol. The molecule has 0 saturated carbocycles. The second-order valence-corrected chi connectivity index (χ2v) is 5.93. The van der Waals surface area contributed by atoms with Crippen LogP contribution < -0.4 is 10.6 Å². The van der Waals surface area contributed by atoms with E-state index in [-0.39, 0.29) is 18.9 Å². The first kappa shape index (κ1) is 18.6. The molecular weight excluding hydrogens is 351 g/mol. The van der Waals surface area contributed by atoms with Crippen LogP contribution in [0.15, 0.2) is 59.0 Å². The summed E-state index contributed by atoms with van der Waals surface area (Å²) in [6.07, 6.45) is -0.522. The number of halogens is 1. The van der Waals surface area contributed by atoms with Gasteiger partial charge in [-0.3, -0.25) is 9.59 Å². The van der Waals surface area contributed by atoms with Crippen LogP contribution in [0.5, 0.6) is 0 Å². The Labute approximate surface area is 155 Å². The van der Waals surface area contributed by atoms with E-state index in [1.165, 1.54) is 31.4 Å².